The first-order valence-electron chi connectivity index (χ1n) is 13.2. The molecule has 0 aliphatic heterocycles. The fourth-order valence-corrected chi connectivity index (χ4v) is 4.30. The molecule has 4 aromatic carbocycles. The van der Waals surface area contributed by atoms with E-state index < -0.39 is 6.15 Å². The average molecular weight is 506 g/mol. The Kier molecular flexibility index (Phi) is 10.6. The number of unbranched alkanes of at least 4 members (excludes halogenated alkanes) is 1. The van der Waals surface area contributed by atoms with Gasteiger partial charge in [-0.25, -0.2) is 0 Å². The van der Waals surface area contributed by atoms with E-state index in [1.807, 2.05) is 24.3 Å². The van der Waals surface area contributed by atoms with Crippen LogP contribution in [0.5, 0.6) is 11.5 Å². The number of hydrogen-bond acceptors (Lipinski definition) is 2. The van der Waals surface area contributed by atoms with E-state index in [4.69, 9.17) is 9.47 Å². The third-order valence-corrected chi connectivity index (χ3v) is 5.99. The molecule has 4 rings (SSSR count). The molecule has 4 heteroatoms. The quantitative estimate of drug-likeness (QED) is 0.147. The molecule has 0 heterocycles. The molecule has 3 nitrogen and oxygen atoms in total. The molecule has 0 aromatic heterocycles. The Morgan fingerprint density at radius 1 is 0.605 bits per heavy atom. The zero-order chi connectivity index (χ0) is 27.3. The number of hydrogen-bond donors (Lipinski definition) is 0. The van der Waals surface area contributed by atoms with E-state index in [0.29, 0.717) is 6.61 Å². The molecule has 0 amide bonds. The van der Waals surface area contributed by atoms with Crippen molar-refractivity contribution in [3.8, 4) is 23.2 Å². The molecule has 0 radical (unpaired) electrons. The molecule has 0 fully saturated rings. The lowest BCUT2D eigenvalue weighted by atomic mass is 9.16. The van der Waals surface area contributed by atoms with Crippen molar-refractivity contribution in [1.82, 2.24) is 0 Å². The maximum atomic E-state index is 5.87. The molecule has 0 aliphatic rings. The molecule has 0 spiro atoms. The van der Waals surface area contributed by atoms with Crippen LogP contribution in [-0.4, -0.2) is 52.5 Å². The van der Waals surface area contributed by atoms with E-state index in [0.717, 1.165) is 28.8 Å². The van der Waals surface area contributed by atoms with Gasteiger partial charge in [0.1, 0.15) is 17.6 Å². The summed E-state index contributed by atoms with van der Waals surface area (Å²) in [4.78, 5) is 0. The summed E-state index contributed by atoms with van der Waals surface area (Å²) < 4.78 is 12.1. The van der Waals surface area contributed by atoms with Crippen LogP contribution in [0.1, 0.15) is 12.8 Å². The van der Waals surface area contributed by atoms with Crippen LogP contribution in [-0.2, 0) is 0 Å². The number of nitrogens with zero attached hydrogens (tertiary/aromatic N) is 1. The summed E-state index contributed by atoms with van der Waals surface area (Å²) in [5.41, 5.74) is 3.70. The smallest absolute Gasteiger partial charge is 0.149 e. The standard InChI is InChI=1S/C30H28BO2.C4H12N/c1-32-29-20-22-30(23-21-29)33-25-13-5-12-24-31(26-14-6-2-7-15-26,27-16-8-3-9-17-27)28-18-10-4-11-19-28;1-5(2,3)4/h2-4,6-11,14-23H,5,13,25H2,1H3;1-4H3/q-1;+1. The Morgan fingerprint density at radius 2 is 1.00 bits per heavy atom. The van der Waals surface area contributed by atoms with E-state index in [-0.39, 0.29) is 0 Å². The monoisotopic (exact) mass is 505 g/mol. The molecule has 4 aromatic rings. The first-order chi connectivity index (χ1) is 18.3. The predicted molar refractivity (Wildman–Crippen MR) is 163 cm³/mol. The summed E-state index contributed by atoms with van der Waals surface area (Å²) in [6.45, 7) is 0.628. The third-order valence-electron chi connectivity index (χ3n) is 5.99. The minimum atomic E-state index is -1.40. The lowest BCUT2D eigenvalue weighted by Crippen LogP contribution is -2.66. The normalized spacial score (nSPS) is 10.9. The van der Waals surface area contributed by atoms with Crippen LogP contribution < -0.4 is 25.9 Å². The van der Waals surface area contributed by atoms with Crippen molar-refractivity contribution >= 4 is 22.5 Å². The van der Waals surface area contributed by atoms with E-state index in [2.05, 4.69) is 131 Å². The van der Waals surface area contributed by atoms with Gasteiger partial charge in [0.15, 0.2) is 0 Å². The summed E-state index contributed by atoms with van der Waals surface area (Å²) in [5.74, 6) is 8.92. The lowest BCUT2D eigenvalue weighted by Gasteiger charge is -2.38. The van der Waals surface area contributed by atoms with Gasteiger partial charge in [0.05, 0.1) is 41.9 Å². The summed E-state index contributed by atoms with van der Waals surface area (Å²) in [6.07, 6.45) is 0.231. The summed E-state index contributed by atoms with van der Waals surface area (Å²) in [7, 11) is 10.2. The molecule has 0 unspecified atom stereocenters. The number of quaternary nitrogens is 1. The second kappa shape index (κ2) is 14.1. The molecular formula is C34H40BNO2. The highest BCUT2D eigenvalue weighted by atomic mass is 16.5. The minimum absolute atomic E-state index is 0.628. The highest BCUT2D eigenvalue weighted by molar-refractivity contribution is 7.16. The molecule has 0 atom stereocenters. The van der Waals surface area contributed by atoms with E-state index >= 15 is 0 Å². The van der Waals surface area contributed by atoms with Crippen LogP contribution in [0.2, 0.25) is 0 Å². The molecule has 38 heavy (non-hydrogen) atoms. The number of methoxy groups -OCH3 is 1. The number of rotatable bonds is 8. The van der Waals surface area contributed by atoms with Crippen molar-refractivity contribution in [3.05, 3.63) is 115 Å². The Bertz CT molecular complexity index is 1170. The Morgan fingerprint density at radius 3 is 1.39 bits per heavy atom. The van der Waals surface area contributed by atoms with Crippen molar-refractivity contribution in [2.75, 3.05) is 41.9 Å². The fourth-order valence-electron chi connectivity index (χ4n) is 4.30. The Labute approximate surface area is 229 Å². The first-order valence-corrected chi connectivity index (χ1v) is 13.2. The van der Waals surface area contributed by atoms with Gasteiger partial charge in [-0.3, -0.25) is 5.82 Å². The zero-order valence-corrected chi connectivity index (χ0v) is 23.4. The maximum absolute atomic E-state index is 5.87. The molecule has 196 valence electrons. The van der Waals surface area contributed by atoms with Gasteiger partial charge >= 0.3 is 0 Å². The number of benzene rings is 4. The molecular weight excluding hydrogens is 465 g/mol. The summed E-state index contributed by atoms with van der Waals surface area (Å²) in [6, 6.07) is 39.6. The summed E-state index contributed by atoms with van der Waals surface area (Å²) >= 11 is 0. The van der Waals surface area contributed by atoms with Crippen molar-refractivity contribution in [2.24, 2.45) is 0 Å². The minimum Gasteiger partial charge on any atom is -0.497 e. The van der Waals surface area contributed by atoms with Gasteiger partial charge in [-0.2, -0.15) is 16.4 Å². The summed E-state index contributed by atoms with van der Waals surface area (Å²) in [5, 5.41) is 0. The van der Waals surface area contributed by atoms with Crippen LogP contribution in [0.25, 0.3) is 0 Å². The lowest BCUT2D eigenvalue weighted by molar-refractivity contribution is -0.849. The topological polar surface area (TPSA) is 18.5 Å². The van der Waals surface area contributed by atoms with Gasteiger partial charge in [0, 0.05) is 6.42 Å². The van der Waals surface area contributed by atoms with E-state index in [1.54, 1.807) is 7.11 Å². The number of ether oxygens (including phenoxy) is 2. The first kappa shape index (κ1) is 28.6. The third kappa shape index (κ3) is 8.58. The SMILES string of the molecule is COc1ccc(OCCCC#C[B-](c2ccccc2)(c2ccccc2)c2ccccc2)cc1.C[N+](C)(C)C. The zero-order valence-electron chi connectivity index (χ0n) is 23.4. The van der Waals surface area contributed by atoms with Crippen molar-refractivity contribution in [1.29, 1.82) is 0 Å². The van der Waals surface area contributed by atoms with Crippen LogP contribution in [0.4, 0.5) is 0 Å². The Hall–Kier alpha value is -3.94. The van der Waals surface area contributed by atoms with Crippen LogP contribution in [0, 0.1) is 11.7 Å². The molecule has 0 saturated heterocycles. The van der Waals surface area contributed by atoms with Crippen LogP contribution in [0.3, 0.4) is 0 Å². The van der Waals surface area contributed by atoms with Crippen LogP contribution >= 0.6 is 0 Å². The molecule has 0 saturated carbocycles. The Balaban J connectivity index is 0.000000732. The largest absolute Gasteiger partial charge is 0.497 e. The van der Waals surface area contributed by atoms with E-state index in [9.17, 15) is 0 Å². The average Bonchev–Trinajstić information content (AvgIpc) is 2.94. The van der Waals surface area contributed by atoms with E-state index in [1.165, 1.54) is 16.4 Å². The second-order valence-electron chi connectivity index (χ2n) is 10.7. The maximum Gasteiger partial charge on any atom is 0.149 e. The van der Waals surface area contributed by atoms with Crippen molar-refractivity contribution in [2.45, 2.75) is 12.8 Å². The van der Waals surface area contributed by atoms with Gasteiger partial charge in [-0.1, -0.05) is 91.0 Å². The molecule has 0 bridgehead atoms. The molecule has 0 N–H and O–H groups in total. The van der Waals surface area contributed by atoms with Gasteiger partial charge < -0.3 is 14.0 Å². The highest BCUT2D eigenvalue weighted by Gasteiger charge is 2.27. The van der Waals surface area contributed by atoms with Gasteiger partial charge in [-0.15, -0.1) is 5.92 Å². The van der Waals surface area contributed by atoms with Crippen molar-refractivity contribution in [3.63, 3.8) is 0 Å². The van der Waals surface area contributed by atoms with Crippen molar-refractivity contribution < 1.29 is 14.0 Å². The second-order valence-corrected chi connectivity index (χ2v) is 10.7. The van der Waals surface area contributed by atoms with Gasteiger partial charge in [-0.05, 0) is 30.7 Å². The van der Waals surface area contributed by atoms with Crippen LogP contribution in [0.15, 0.2) is 115 Å². The van der Waals surface area contributed by atoms with Gasteiger partial charge in [0.25, 0.3) is 0 Å². The fraction of sp³-hybridized carbons (Fsp3) is 0.235. The van der Waals surface area contributed by atoms with Gasteiger partial charge in [0.2, 0.25) is 0 Å². The highest BCUT2D eigenvalue weighted by Crippen LogP contribution is 2.17. The molecule has 0 aliphatic carbocycles. The predicted octanol–water partition coefficient (Wildman–Crippen LogP) is 4.89.